The van der Waals surface area contributed by atoms with Crippen molar-refractivity contribution >= 4 is 10.0 Å². The number of piperidine rings is 1. The van der Waals surface area contributed by atoms with Gasteiger partial charge in [0.2, 0.25) is 10.0 Å². The number of rotatable bonds is 5. The van der Waals surface area contributed by atoms with Gasteiger partial charge in [-0.1, -0.05) is 12.1 Å². The Morgan fingerprint density at radius 2 is 2.00 bits per heavy atom. The molecule has 1 aromatic rings. The highest BCUT2D eigenvalue weighted by molar-refractivity contribution is 7.89. The van der Waals surface area contributed by atoms with Crippen LogP contribution in [0.2, 0.25) is 0 Å². The molecule has 0 bridgehead atoms. The fourth-order valence-corrected chi connectivity index (χ4v) is 4.69. The van der Waals surface area contributed by atoms with E-state index in [0.29, 0.717) is 19.1 Å². The number of benzene rings is 1. The summed E-state index contributed by atoms with van der Waals surface area (Å²) in [6, 6.07) is 6.80. The predicted octanol–water partition coefficient (Wildman–Crippen LogP) is 2.30. The van der Waals surface area contributed by atoms with Gasteiger partial charge in [-0.15, -0.1) is 0 Å². The standard InChI is InChI=1S/C18H28N2O3S/c1-4-24(21,22)20-9-7-16(8-10-20)19-13-14-5-6-17-15(11-14)12-18(2,3)23-17/h5-6,11,16,19H,4,7-10,12-13H2,1-3H3. The number of nitrogens with one attached hydrogen (secondary N) is 1. The molecule has 0 saturated carbocycles. The third-order valence-electron chi connectivity index (χ3n) is 4.93. The van der Waals surface area contributed by atoms with Crippen LogP contribution in [0.25, 0.3) is 0 Å². The van der Waals surface area contributed by atoms with E-state index in [1.165, 1.54) is 11.1 Å². The van der Waals surface area contributed by atoms with Gasteiger partial charge in [-0.3, -0.25) is 0 Å². The number of nitrogens with zero attached hydrogens (tertiary/aromatic N) is 1. The van der Waals surface area contributed by atoms with E-state index in [-0.39, 0.29) is 11.4 Å². The van der Waals surface area contributed by atoms with Crippen LogP contribution in [-0.4, -0.2) is 43.2 Å². The molecule has 5 nitrogen and oxygen atoms in total. The molecule has 24 heavy (non-hydrogen) atoms. The number of ether oxygens (including phenoxy) is 1. The second kappa shape index (κ2) is 6.65. The fraction of sp³-hybridized carbons (Fsp3) is 0.667. The Balaban J connectivity index is 1.52. The van der Waals surface area contributed by atoms with Gasteiger partial charge in [-0.25, -0.2) is 12.7 Å². The zero-order valence-electron chi connectivity index (χ0n) is 14.8. The lowest BCUT2D eigenvalue weighted by molar-refractivity contribution is 0.138. The van der Waals surface area contributed by atoms with Crippen molar-refractivity contribution in [1.29, 1.82) is 0 Å². The Bertz CT molecular complexity index is 692. The van der Waals surface area contributed by atoms with Gasteiger partial charge in [0, 0.05) is 32.1 Å². The lowest BCUT2D eigenvalue weighted by atomic mass is 10.00. The minimum atomic E-state index is -3.04. The third kappa shape index (κ3) is 3.92. The molecule has 3 rings (SSSR count). The highest BCUT2D eigenvalue weighted by atomic mass is 32.2. The molecule has 6 heteroatoms. The Morgan fingerprint density at radius 1 is 1.29 bits per heavy atom. The van der Waals surface area contributed by atoms with Gasteiger partial charge in [-0.05, 0) is 50.8 Å². The Morgan fingerprint density at radius 3 is 2.67 bits per heavy atom. The number of fused-ring (bicyclic) bond motifs is 1. The average Bonchev–Trinajstić information content (AvgIpc) is 2.86. The molecular formula is C18H28N2O3S. The number of hydrogen-bond donors (Lipinski definition) is 1. The van der Waals surface area contributed by atoms with Crippen LogP contribution in [0, 0.1) is 0 Å². The van der Waals surface area contributed by atoms with Crippen molar-refractivity contribution in [3.63, 3.8) is 0 Å². The first-order valence-corrected chi connectivity index (χ1v) is 10.4. The SMILES string of the molecule is CCS(=O)(=O)N1CCC(NCc2ccc3c(c2)CC(C)(C)O3)CC1. The van der Waals surface area contributed by atoms with E-state index in [0.717, 1.165) is 31.6 Å². The van der Waals surface area contributed by atoms with E-state index in [9.17, 15) is 8.42 Å². The second-order valence-electron chi connectivity index (χ2n) is 7.44. The van der Waals surface area contributed by atoms with Crippen molar-refractivity contribution in [2.75, 3.05) is 18.8 Å². The topological polar surface area (TPSA) is 58.6 Å². The van der Waals surface area contributed by atoms with Gasteiger partial charge in [0.25, 0.3) is 0 Å². The van der Waals surface area contributed by atoms with Crippen LogP contribution < -0.4 is 10.1 Å². The zero-order valence-corrected chi connectivity index (χ0v) is 15.7. The van der Waals surface area contributed by atoms with Crippen molar-refractivity contribution in [1.82, 2.24) is 9.62 Å². The van der Waals surface area contributed by atoms with Crippen LogP contribution in [0.15, 0.2) is 18.2 Å². The molecule has 2 heterocycles. The summed E-state index contributed by atoms with van der Waals surface area (Å²) >= 11 is 0. The summed E-state index contributed by atoms with van der Waals surface area (Å²) in [4.78, 5) is 0. The van der Waals surface area contributed by atoms with E-state index in [2.05, 4.69) is 37.4 Å². The van der Waals surface area contributed by atoms with Crippen molar-refractivity contribution < 1.29 is 13.2 Å². The molecule has 2 aliphatic rings. The van der Waals surface area contributed by atoms with Crippen LogP contribution >= 0.6 is 0 Å². The van der Waals surface area contributed by atoms with Gasteiger partial charge in [-0.2, -0.15) is 0 Å². The molecule has 0 atom stereocenters. The lowest BCUT2D eigenvalue weighted by Crippen LogP contribution is -2.45. The summed E-state index contributed by atoms with van der Waals surface area (Å²) in [7, 11) is -3.04. The molecule has 0 aliphatic carbocycles. The smallest absolute Gasteiger partial charge is 0.213 e. The van der Waals surface area contributed by atoms with Crippen LogP contribution in [-0.2, 0) is 23.0 Å². The minimum Gasteiger partial charge on any atom is -0.487 e. The summed E-state index contributed by atoms with van der Waals surface area (Å²) in [5.74, 6) is 1.19. The van der Waals surface area contributed by atoms with E-state index >= 15 is 0 Å². The number of hydrogen-bond acceptors (Lipinski definition) is 4. The summed E-state index contributed by atoms with van der Waals surface area (Å²) in [5, 5.41) is 3.58. The third-order valence-corrected chi connectivity index (χ3v) is 6.82. The van der Waals surface area contributed by atoms with Crippen LogP contribution in [0.3, 0.4) is 0 Å². The Kier molecular flexibility index (Phi) is 4.91. The van der Waals surface area contributed by atoms with Crippen molar-refractivity contribution in [3.8, 4) is 5.75 Å². The quantitative estimate of drug-likeness (QED) is 0.883. The molecule has 1 aromatic carbocycles. The minimum absolute atomic E-state index is 0.105. The van der Waals surface area contributed by atoms with Gasteiger partial charge >= 0.3 is 0 Å². The molecule has 0 amide bonds. The maximum absolute atomic E-state index is 11.9. The largest absolute Gasteiger partial charge is 0.487 e. The molecule has 1 saturated heterocycles. The van der Waals surface area contributed by atoms with Crippen LogP contribution in [0.1, 0.15) is 44.7 Å². The fourth-order valence-electron chi connectivity index (χ4n) is 3.56. The second-order valence-corrected chi connectivity index (χ2v) is 9.69. The van der Waals surface area contributed by atoms with E-state index in [4.69, 9.17) is 4.74 Å². The molecule has 1 N–H and O–H groups in total. The molecule has 0 unspecified atom stereocenters. The summed E-state index contributed by atoms with van der Waals surface area (Å²) in [6.45, 7) is 8.00. The Labute approximate surface area is 145 Å². The molecule has 2 aliphatic heterocycles. The van der Waals surface area contributed by atoms with E-state index in [1.807, 2.05) is 0 Å². The van der Waals surface area contributed by atoms with Crippen molar-refractivity contribution in [3.05, 3.63) is 29.3 Å². The first-order chi connectivity index (χ1) is 11.3. The van der Waals surface area contributed by atoms with Gasteiger partial charge < -0.3 is 10.1 Å². The summed E-state index contributed by atoms with van der Waals surface area (Å²) in [5.41, 5.74) is 2.44. The normalized spacial score (nSPS) is 21.5. The van der Waals surface area contributed by atoms with Crippen molar-refractivity contribution in [2.24, 2.45) is 0 Å². The van der Waals surface area contributed by atoms with Gasteiger partial charge in [0.1, 0.15) is 11.4 Å². The first kappa shape index (κ1) is 17.7. The molecule has 134 valence electrons. The Hall–Kier alpha value is -1.11. The molecular weight excluding hydrogens is 324 g/mol. The molecule has 1 fully saturated rings. The monoisotopic (exact) mass is 352 g/mol. The maximum atomic E-state index is 11.9. The molecule has 0 spiro atoms. The summed E-state index contributed by atoms with van der Waals surface area (Å²) < 4.78 is 31.3. The van der Waals surface area contributed by atoms with Gasteiger partial charge in [0.05, 0.1) is 5.75 Å². The summed E-state index contributed by atoms with van der Waals surface area (Å²) in [6.07, 6.45) is 2.70. The van der Waals surface area contributed by atoms with E-state index < -0.39 is 10.0 Å². The molecule has 0 radical (unpaired) electrons. The average molecular weight is 353 g/mol. The highest BCUT2D eigenvalue weighted by Crippen LogP contribution is 2.35. The van der Waals surface area contributed by atoms with Gasteiger partial charge in [0.15, 0.2) is 0 Å². The highest BCUT2D eigenvalue weighted by Gasteiger charge is 2.30. The zero-order chi connectivity index (χ0) is 17.4. The first-order valence-electron chi connectivity index (χ1n) is 8.81. The van der Waals surface area contributed by atoms with Crippen molar-refractivity contribution in [2.45, 2.75) is 58.2 Å². The maximum Gasteiger partial charge on any atom is 0.213 e. The van der Waals surface area contributed by atoms with Crippen LogP contribution in [0.5, 0.6) is 5.75 Å². The number of sulfonamides is 1. The van der Waals surface area contributed by atoms with E-state index in [1.54, 1.807) is 11.2 Å². The lowest BCUT2D eigenvalue weighted by Gasteiger charge is -2.31. The molecule has 0 aromatic heterocycles. The predicted molar refractivity (Wildman–Crippen MR) is 95.7 cm³/mol. The van der Waals surface area contributed by atoms with Crippen LogP contribution in [0.4, 0.5) is 0 Å².